The predicted molar refractivity (Wildman–Crippen MR) is 96.7 cm³/mol. The van der Waals surface area contributed by atoms with Crippen LogP contribution in [0.5, 0.6) is 0 Å². The molecule has 26 heavy (non-hydrogen) atoms. The van der Waals surface area contributed by atoms with Gasteiger partial charge in [0.25, 0.3) is 0 Å². The van der Waals surface area contributed by atoms with Crippen molar-refractivity contribution in [3.8, 4) is 11.4 Å². The van der Waals surface area contributed by atoms with Crippen LogP contribution in [0.1, 0.15) is 26.3 Å². The molecule has 0 bridgehead atoms. The molecule has 0 spiro atoms. The van der Waals surface area contributed by atoms with E-state index in [0.717, 1.165) is 5.56 Å². The number of rotatable bonds is 5. The molecule has 140 valence electrons. The Hall–Kier alpha value is -2.48. The number of carbonyl (C=O) groups excluding carboxylic acids is 1. The van der Waals surface area contributed by atoms with Gasteiger partial charge in [0.05, 0.1) is 5.92 Å². The molecular formula is C17H22ClN5O3. The summed E-state index contributed by atoms with van der Waals surface area (Å²) in [5.41, 5.74) is 0.829. The van der Waals surface area contributed by atoms with E-state index < -0.39 is 17.9 Å². The first-order valence-electron chi connectivity index (χ1n) is 8.34. The number of aromatic nitrogens is 4. The van der Waals surface area contributed by atoms with Crippen LogP contribution < -0.4 is 0 Å². The summed E-state index contributed by atoms with van der Waals surface area (Å²) in [7, 11) is 0. The summed E-state index contributed by atoms with van der Waals surface area (Å²) < 4.78 is 0. The summed E-state index contributed by atoms with van der Waals surface area (Å²) >= 11 is 0. The van der Waals surface area contributed by atoms with Crippen LogP contribution in [0.4, 0.5) is 0 Å². The maximum absolute atomic E-state index is 12.9. The number of likely N-dealkylation sites (tertiary alicyclic amines) is 1. The molecule has 1 amide bonds. The standard InChI is InChI=1S/C17H21N5O3.ClH/c1-11(2)14(16(23)21-9-8-13(10-21)17(24)25)22-19-15(18-20-22)12-6-4-3-5-7-12;/h3-7,11,13-14H,8-10H2,1-2H3,(H,24,25);1H. The number of hydrogen-bond donors (Lipinski definition) is 1. The van der Waals surface area contributed by atoms with E-state index in [0.29, 0.717) is 18.8 Å². The molecule has 0 radical (unpaired) electrons. The molecule has 1 saturated heterocycles. The lowest BCUT2D eigenvalue weighted by Gasteiger charge is -2.24. The van der Waals surface area contributed by atoms with E-state index in [1.54, 1.807) is 4.90 Å². The fourth-order valence-electron chi connectivity index (χ4n) is 3.05. The number of benzene rings is 1. The van der Waals surface area contributed by atoms with Crippen molar-refractivity contribution < 1.29 is 14.7 Å². The van der Waals surface area contributed by atoms with Gasteiger partial charge in [-0.1, -0.05) is 44.2 Å². The molecule has 1 fully saturated rings. The fraction of sp³-hybridized carbons (Fsp3) is 0.471. The Labute approximate surface area is 157 Å². The Morgan fingerprint density at radius 1 is 1.23 bits per heavy atom. The molecule has 1 aromatic heterocycles. The third-order valence-electron chi connectivity index (χ3n) is 4.44. The molecule has 1 N–H and O–H groups in total. The summed E-state index contributed by atoms with van der Waals surface area (Å²) in [6.45, 7) is 4.51. The molecule has 8 nitrogen and oxygen atoms in total. The van der Waals surface area contributed by atoms with Crippen molar-refractivity contribution in [1.82, 2.24) is 25.1 Å². The molecule has 1 aliphatic rings. The minimum absolute atomic E-state index is 0. The molecule has 0 saturated carbocycles. The smallest absolute Gasteiger partial charge is 0.308 e. The van der Waals surface area contributed by atoms with Crippen molar-refractivity contribution in [2.24, 2.45) is 11.8 Å². The number of hydrogen-bond acceptors (Lipinski definition) is 5. The van der Waals surface area contributed by atoms with Crippen molar-refractivity contribution in [2.45, 2.75) is 26.3 Å². The maximum atomic E-state index is 12.9. The molecule has 1 aliphatic heterocycles. The number of carbonyl (C=O) groups is 2. The highest BCUT2D eigenvalue weighted by molar-refractivity contribution is 5.85. The zero-order valence-corrected chi connectivity index (χ0v) is 15.5. The summed E-state index contributed by atoms with van der Waals surface area (Å²) in [5, 5.41) is 21.6. The predicted octanol–water partition coefficient (Wildman–Crippen LogP) is 1.89. The van der Waals surface area contributed by atoms with Gasteiger partial charge in [-0.3, -0.25) is 9.59 Å². The molecule has 1 aromatic carbocycles. The van der Waals surface area contributed by atoms with Crippen LogP contribution >= 0.6 is 12.4 Å². The Bertz CT molecular complexity index is 765. The average Bonchev–Trinajstić information content (AvgIpc) is 3.25. The van der Waals surface area contributed by atoms with Crippen molar-refractivity contribution in [1.29, 1.82) is 0 Å². The second-order valence-corrected chi connectivity index (χ2v) is 6.60. The molecule has 2 aromatic rings. The van der Waals surface area contributed by atoms with Gasteiger partial charge in [0.2, 0.25) is 11.7 Å². The van der Waals surface area contributed by atoms with Gasteiger partial charge in [0.15, 0.2) is 6.04 Å². The minimum Gasteiger partial charge on any atom is -0.481 e. The average molecular weight is 380 g/mol. The van der Waals surface area contributed by atoms with E-state index in [4.69, 9.17) is 5.11 Å². The summed E-state index contributed by atoms with van der Waals surface area (Å²) in [5.74, 6) is -1.10. The Balaban J connectivity index is 0.00000243. The van der Waals surface area contributed by atoms with Gasteiger partial charge in [-0.05, 0) is 17.6 Å². The third-order valence-corrected chi connectivity index (χ3v) is 4.44. The number of amides is 1. The monoisotopic (exact) mass is 379 g/mol. The van der Waals surface area contributed by atoms with Gasteiger partial charge in [-0.15, -0.1) is 22.6 Å². The molecule has 9 heteroatoms. The summed E-state index contributed by atoms with van der Waals surface area (Å²) in [4.78, 5) is 27.0. The first-order valence-corrected chi connectivity index (χ1v) is 8.34. The van der Waals surface area contributed by atoms with Crippen molar-refractivity contribution in [2.75, 3.05) is 13.1 Å². The zero-order chi connectivity index (χ0) is 18.0. The molecule has 2 atom stereocenters. The molecule has 2 heterocycles. The van der Waals surface area contributed by atoms with Gasteiger partial charge in [-0.2, -0.15) is 4.80 Å². The second-order valence-electron chi connectivity index (χ2n) is 6.60. The summed E-state index contributed by atoms with van der Waals surface area (Å²) in [6.07, 6.45) is 0.478. The third kappa shape index (κ3) is 4.01. The van der Waals surface area contributed by atoms with E-state index in [1.807, 2.05) is 44.2 Å². The molecule has 2 unspecified atom stereocenters. The van der Waals surface area contributed by atoms with E-state index in [-0.39, 0.29) is 30.8 Å². The number of nitrogens with zero attached hydrogens (tertiary/aromatic N) is 5. The number of halogens is 1. The van der Waals surface area contributed by atoms with Gasteiger partial charge in [0.1, 0.15) is 0 Å². The number of carboxylic acids is 1. The van der Waals surface area contributed by atoms with Crippen LogP contribution in [0.2, 0.25) is 0 Å². The normalized spacial score (nSPS) is 17.8. The van der Waals surface area contributed by atoms with Gasteiger partial charge in [-0.25, -0.2) is 0 Å². The van der Waals surface area contributed by atoms with Crippen molar-refractivity contribution in [3.05, 3.63) is 30.3 Å². The lowest BCUT2D eigenvalue weighted by Crippen LogP contribution is -2.39. The van der Waals surface area contributed by atoms with Crippen LogP contribution in [0.25, 0.3) is 11.4 Å². The second kappa shape index (κ2) is 8.27. The number of carboxylic acid groups (broad SMARTS) is 1. The zero-order valence-electron chi connectivity index (χ0n) is 14.6. The van der Waals surface area contributed by atoms with Gasteiger partial charge < -0.3 is 10.0 Å². The Morgan fingerprint density at radius 2 is 1.92 bits per heavy atom. The Morgan fingerprint density at radius 3 is 2.50 bits per heavy atom. The van der Waals surface area contributed by atoms with Crippen LogP contribution in [-0.4, -0.2) is 55.2 Å². The van der Waals surface area contributed by atoms with E-state index in [9.17, 15) is 9.59 Å². The highest BCUT2D eigenvalue weighted by Gasteiger charge is 2.37. The minimum atomic E-state index is -0.860. The lowest BCUT2D eigenvalue weighted by molar-refractivity contribution is -0.141. The highest BCUT2D eigenvalue weighted by atomic mass is 35.5. The molecular weight excluding hydrogens is 358 g/mol. The van der Waals surface area contributed by atoms with Crippen LogP contribution in [-0.2, 0) is 9.59 Å². The molecule has 0 aliphatic carbocycles. The van der Waals surface area contributed by atoms with Crippen LogP contribution in [0.3, 0.4) is 0 Å². The fourth-order valence-corrected chi connectivity index (χ4v) is 3.05. The largest absolute Gasteiger partial charge is 0.481 e. The van der Waals surface area contributed by atoms with E-state index in [2.05, 4.69) is 15.4 Å². The van der Waals surface area contributed by atoms with Crippen LogP contribution in [0, 0.1) is 11.8 Å². The highest BCUT2D eigenvalue weighted by Crippen LogP contribution is 2.25. The first-order chi connectivity index (χ1) is 12.0. The SMILES string of the molecule is CC(C)C(C(=O)N1CCC(C(=O)O)C1)n1nnc(-c2ccccc2)n1.Cl. The van der Waals surface area contributed by atoms with Crippen molar-refractivity contribution >= 4 is 24.3 Å². The Kier molecular flexibility index (Phi) is 6.31. The lowest BCUT2D eigenvalue weighted by atomic mass is 10.0. The van der Waals surface area contributed by atoms with Crippen LogP contribution in [0.15, 0.2) is 30.3 Å². The number of tetrazole rings is 1. The van der Waals surface area contributed by atoms with E-state index >= 15 is 0 Å². The van der Waals surface area contributed by atoms with Gasteiger partial charge in [0, 0.05) is 18.7 Å². The molecule has 3 rings (SSSR count). The van der Waals surface area contributed by atoms with E-state index in [1.165, 1.54) is 4.80 Å². The summed E-state index contributed by atoms with van der Waals surface area (Å²) in [6, 6.07) is 8.84. The topological polar surface area (TPSA) is 101 Å². The maximum Gasteiger partial charge on any atom is 0.308 e. The quantitative estimate of drug-likeness (QED) is 0.851. The van der Waals surface area contributed by atoms with Gasteiger partial charge >= 0.3 is 5.97 Å². The first kappa shape index (κ1) is 19.8. The van der Waals surface area contributed by atoms with Crippen molar-refractivity contribution in [3.63, 3.8) is 0 Å². The number of aliphatic carboxylic acids is 1.